The molecule has 1 aliphatic heterocycles. The number of piperidine rings is 1. The molecule has 1 aliphatic rings. The normalized spacial score (nSPS) is 15.5. The zero-order chi connectivity index (χ0) is 17.0. The first kappa shape index (κ1) is 19.4. The van der Waals surface area contributed by atoms with Crippen LogP contribution in [-0.4, -0.2) is 29.2 Å². The van der Waals surface area contributed by atoms with Crippen LogP contribution in [0.15, 0.2) is 36.7 Å². The van der Waals surface area contributed by atoms with Crippen molar-refractivity contribution < 1.29 is 22.6 Å². The second-order valence-electron chi connectivity index (χ2n) is 5.62. The Hall–Kier alpha value is -1.93. The van der Waals surface area contributed by atoms with Crippen molar-refractivity contribution in [2.24, 2.45) is 0 Å². The molecule has 138 valence electrons. The van der Waals surface area contributed by atoms with E-state index in [-0.39, 0.29) is 24.8 Å². The molecule has 3 rings (SSSR count). The molecule has 0 bridgehead atoms. The van der Waals surface area contributed by atoms with Crippen molar-refractivity contribution in [3.8, 4) is 11.5 Å². The molecule has 2 heterocycles. The minimum Gasteiger partial charge on any atom is -0.486 e. The lowest BCUT2D eigenvalue weighted by Crippen LogP contribution is -2.29. The van der Waals surface area contributed by atoms with Crippen LogP contribution in [0.25, 0.3) is 0 Å². The fourth-order valence-electron chi connectivity index (χ4n) is 2.62. The van der Waals surface area contributed by atoms with E-state index in [4.69, 9.17) is 4.74 Å². The molecule has 1 fully saturated rings. The van der Waals surface area contributed by atoms with Gasteiger partial charge < -0.3 is 14.8 Å². The van der Waals surface area contributed by atoms with Crippen LogP contribution in [0.3, 0.4) is 0 Å². The first-order valence-electron chi connectivity index (χ1n) is 7.72. The summed E-state index contributed by atoms with van der Waals surface area (Å²) in [6.45, 7) is 2.21. The Morgan fingerprint density at radius 3 is 2.44 bits per heavy atom. The number of halogens is 4. The third kappa shape index (κ3) is 5.82. The van der Waals surface area contributed by atoms with Crippen LogP contribution in [0.1, 0.15) is 24.4 Å². The smallest absolute Gasteiger partial charge is 0.486 e. The number of alkyl halides is 3. The summed E-state index contributed by atoms with van der Waals surface area (Å²) in [7, 11) is 0. The van der Waals surface area contributed by atoms with E-state index in [2.05, 4.69) is 15.2 Å². The molecule has 0 atom stereocenters. The Morgan fingerprint density at radius 1 is 1.12 bits per heavy atom. The van der Waals surface area contributed by atoms with Gasteiger partial charge >= 0.3 is 6.36 Å². The molecule has 0 radical (unpaired) electrons. The van der Waals surface area contributed by atoms with Gasteiger partial charge in [-0.25, -0.2) is 0 Å². The van der Waals surface area contributed by atoms with Gasteiger partial charge in [-0.15, -0.1) is 25.6 Å². The molecular formula is C16H19ClF3N3O2. The number of hydrogen-bond acceptors (Lipinski definition) is 4. The fraction of sp³-hybridized carbons (Fsp3) is 0.438. The lowest BCUT2D eigenvalue weighted by Gasteiger charge is -2.22. The molecule has 0 aliphatic carbocycles. The van der Waals surface area contributed by atoms with E-state index in [1.807, 2.05) is 10.9 Å². The van der Waals surface area contributed by atoms with E-state index >= 15 is 0 Å². The summed E-state index contributed by atoms with van der Waals surface area (Å²) in [5, 5.41) is 7.63. The number of ether oxygens (including phenoxy) is 2. The first-order chi connectivity index (χ1) is 11.5. The van der Waals surface area contributed by atoms with Crippen molar-refractivity contribution in [1.82, 2.24) is 15.1 Å². The van der Waals surface area contributed by atoms with Crippen LogP contribution < -0.4 is 14.8 Å². The Balaban J connectivity index is 0.00000225. The molecule has 1 saturated heterocycles. The van der Waals surface area contributed by atoms with Gasteiger partial charge in [0, 0.05) is 0 Å². The largest absolute Gasteiger partial charge is 0.573 e. The predicted octanol–water partition coefficient (Wildman–Crippen LogP) is 3.71. The highest BCUT2D eigenvalue weighted by Gasteiger charge is 2.30. The Labute approximate surface area is 149 Å². The third-order valence-corrected chi connectivity index (χ3v) is 3.82. The SMILES string of the molecule is Cl.FC(F)(F)Oc1ccc(COc2cnn(C3CCNCC3)c2)cc1. The van der Waals surface area contributed by atoms with Gasteiger partial charge in [-0.3, -0.25) is 4.68 Å². The van der Waals surface area contributed by atoms with E-state index in [1.54, 1.807) is 6.20 Å². The number of nitrogens with one attached hydrogen (secondary N) is 1. The minimum absolute atomic E-state index is 0. The van der Waals surface area contributed by atoms with Gasteiger partial charge in [0.15, 0.2) is 5.75 Å². The van der Waals surface area contributed by atoms with Crippen molar-refractivity contribution >= 4 is 12.4 Å². The zero-order valence-electron chi connectivity index (χ0n) is 13.3. The van der Waals surface area contributed by atoms with Crippen molar-refractivity contribution in [2.75, 3.05) is 13.1 Å². The number of hydrogen-bond donors (Lipinski definition) is 1. The topological polar surface area (TPSA) is 48.3 Å². The second-order valence-corrected chi connectivity index (χ2v) is 5.62. The van der Waals surface area contributed by atoms with Crippen molar-refractivity contribution in [2.45, 2.75) is 31.9 Å². The number of benzene rings is 1. The highest BCUT2D eigenvalue weighted by molar-refractivity contribution is 5.85. The highest BCUT2D eigenvalue weighted by atomic mass is 35.5. The van der Waals surface area contributed by atoms with Crippen LogP contribution in [-0.2, 0) is 6.61 Å². The molecule has 0 unspecified atom stereocenters. The average Bonchev–Trinajstić information content (AvgIpc) is 3.03. The van der Waals surface area contributed by atoms with E-state index in [0.717, 1.165) is 31.5 Å². The van der Waals surface area contributed by atoms with Gasteiger partial charge in [0.05, 0.1) is 18.4 Å². The van der Waals surface area contributed by atoms with Gasteiger partial charge in [-0.2, -0.15) is 5.10 Å². The molecule has 0 saturated carbocycles. The van der Waals surface area contributed by atoms with Crippen LogP contribution in [0.5, 0.6) is 11.5 Å². The average molecular weight is 378 g/mol. The molecule has 2 aromatic rings. The van der Waals surface area contributed by atoms with Crippen molar-refractivity contribution in [3.63, 3.8) is 0 Å². The number of rotatable bonds is 5. The summed E-state index contributed by atoms with van der Waals surface area (Å²) < 4.78 is 47.7. The van der Waals surface area contributed by atoms with Crippen molar-refractivity contribution in [1.29, 1.82) is 0 Å². The standard InChI is InChI=1S/C16H18F3N3O2.ClH/c17-16(18,19)24-14-3-1-12(2-4-14)11-23-15-9-21-22(10-15)13-5-7-20-8-6-13;/h1-4,9-10,13,20H,5-8,11H2;1H. The maximum absolute atomic E-state index is 12.1. The lowest BCUT2D eigenvalue weighted by molar-refractivity contribution is -0.274. The molecule has 0 spiro atoms. The van der Waals surface area contributed by atoms with Crippen molar-refractivity contribution in [3.05, 3.63) is 42.2 Å². The Morgan fingerprint density at radius 2 is 1.80 bits per heavy atom. The summed E-state index contributed by atoms with van der Waals surface area (Å²) in [6, 6.07) is 5.99. The molecule has 25 heavy (non-hydrogen) atoms. The molecule has 1 aromatic heterocycles. The molecular weight excluding hydrogens is 359 g/mol. The van der Waals surface area contributed by atoms with Gasteiger partial charge in [0.1, 0.15) is 12.4 Å². The summed E-state index contributed by atoms with van der Waals surface area (Å²) >= 11 is 0. The van der Waals surface area contributed by atoms with Gasteiger partial charge in [-0.1, -0.05) is 12.1 Å². The van der Waals surface area contributed by atoms with E-state index < -0.39 is 6.36 Å². The Kier molecular flexibility index (Phi) is 6.55. The summed E-state index contributed by atoms with van der Waals surface area (Å²) in [5.74, 6) is 0.397. The second kappa shape index (κ2) is 8.44. The van der Waals surface area contributed by atoms with Gasteiger partial charge in [-0.05, 0) is 43.6 Å². The van der Waals surface area contributed by atoms with Crippen LogP contribution in [0.2, 0.25) is 0 Å². The summed E-state index contributed by atoms with van der Waals surface area (Å²) in [5.41, 5.74) is 0.749. The summed E-state index contributed by atoms with van der Waals surface area (Å²) in [6.07, 6.45) is 0.894. The predicted molar refractivity (Wildman–Crippen MR) is 88.1 cm³/mol. The molecule has 5 nitrogen and oxygen atoms in total. The molecule has 1 N–H and O–H groups in total. The molecule has 1 aromatic carbocycles. The van der Waals surface area contributed by atoms with Crippen LogP contribution in [0, 0.1) is 0 Å². The maximum atomic E-state index is 12.1. The van der Waals surface area contributed by atoms with E-state index in [0.29, 0.717) is 11.8 Å². The number of nitrogens with zero attached hydrogens (tertiary/aromatic N) is 2. The first-order valence-corrected chi connectivity index (χ1v) is 7.72. The maximum Gasteiger partial charge on any atom is 0.573 e. The highest BCUT2D eigenvalue weighted by Crippen LogP contribution is 2.24. The number of aromatic nitrogens is 2. The van der Waals surface area contributed by atoms with Gasteiger partial charge in [0.2, 0.25) is 0 Å². The van der Waals surface area contributed by atoms with Crippen LogP contribution >= 0.6 is 12.4 Å². The van der Waals surface area contributed by atoms with Crippen LogP contribution in [0.4, 0.5) is 13.2 Å². The van der Waals surface area contributed by atoms with Gasteiger partial charge in [0.25, 0.3) is 0 Å². The Bertz CT molecular complexity index is 655. The van der Waals surface area contributed by atoms with E-state index in [1.165, 1.54) is 24.3 Å². The summed E-state index contributed by atoms with van der Waals surface area (Å²) in [4.78, 5) is 0. The zero-order valence-corrected chi connectivity index (χ0v) is 14.1. The monoisotopic (exact) mass is 377 g/mol. The van der Waals surface area contributed by atoms with E-state index in [9.17, 15) is 13.2 Å². The molecule has 0 amide bonds. The molecule has 9 heteroatoms. The quantitative estimate of drug-likeness (QED) is 0.863. The fourth-order valence-corrected chi connectivity index (χ4v) is 2.62. The lowest BCUT2D eigenvalue weighted by atomic mass is 10.1. The minimum atomic E-state index is -4.68. The third-order valence-electron chi connectivity index (χ3n) is 3.82.